The number of hydrogen-bond donors (Lipinski definition) is 3. The standard InChI is InChI=1S/C22H18F3N5O/c1-12-9-13(2)26-19(10-12)30-20(31)14-7-8-17-18(11-14)29-21(28-17)27-16-6-4-3-5-15(16)22(23,24)25/h3-11H,1-2H3,(H,26,30,31)(H2,27,28,29). The first kappa shape index (κ1) is 20.4. The number of alkyl halides is 3. The Kier molecular flexibility index (Phi) is 5.10. The highest BCUT2D eigenvalue weighted by Gasteiger charge is 2.33. The molecule has 2 aromatic heterocycles. The van der Waals surface area contributed by atoms with Crippen LogP contribution in [0.15, 0.2) is 54.6 Å². The molecule has 4 rings (SSSR count). The van der Waals surface area contributed by atoms with Crippen LogP contribution in [0.4, 0.5) is 30.6 Å². The van der Waals surface area contributed by atoms with Crippen molar-refractivity contribution < 1.29 is 18.0 Å². The Bertz CT molecular complexity index is 1260. The van der Waals surface area contributed by atoms with Crippen molar-refractivity contribution in [2.24, 2.45) is 0 Å². The normalized spacial score (nSPS) is 11.5. The van der Waals surface area contributed by atoms with Crippen LogP contribution in [0.5, 0.6) is 0 Å². The van der Waals surface area contributed by atoms with Gasteiger partial charge in [-0.3, -0.25) is 4.79 Å². The van der Waals surface area contributed by atoms with Gasteiger partial charge in [-0.1, -0.05) is 12.1 Å². The van der Waals surface area contributed by atoms with E-state index >= 15 is 0 Å². The highest BCUT2D eigenvalue weighted by atomic mass is 19.4. The van der Waals surface area contributed by atoms with Crippen LogP contribution < -0.4 is 10.6 Å². The number of rotatable bonds is 4. The van der Waals surface area contributed by atoms with Crippen LogP contribution in [0.1, 0.15) is 27.2 Å². The first-order valence-corrected chi connectivity index (χ1v) is 9.39. The van der Waals surface area contributed by atoms with E-state index in [1.165, 1.54) is 18.2 Å². The van der Waals surface area contributed by atoms with Crippen LogP contribution in [0.3, 0.4) is 0 Å². The molecule has 0 aliphatic heterocycles. The molecule has 0 fully saturated rings. The molecule has 0 spiro atoms. The Morgan fingerprint density at radius 2 is 1.77 bits per heavy atom. The number of benzene rings is 2. The van der Waals surface area contributed by atoms with Crippen molar-refractivity contribution in [1.29, 1.82) is 0 Å². The lowest BCUT2D eigenvalue weighted by Crippen LogP contribution is -2.13. The number of nitrogens with zero attached hydrogens (tertiary/aromatic N) is 2. The molecular formula is C22H18F3N5O. The van der Waals surface area contributed by atoms with Crippen molar-refractivity contribution in [3.05, 3.63) is 77.0 Å². The highest BCUT2D eigenvalue weighted by molar-refractivity contribution is 6.05. The quantitative estimate of drug-likeness (QED) is 0.398. The summed E-state index contributed by atoms with van der Waals surface area (Å²) in [6.45, 7) is 3.75. The summed E-state index contributed by atoms with van der Waals surface area (Å²) in [5, 5.41) is 5.42. The molecule has 0 saturated carbocycles. The Balaban J connectivity index is 1.58. The predicted molar refractivity (Wildman–Crippen MR) is 112 cm³/mol. The number of hydrogen-bond acceptors (Lipinski definition) is 4. The Morgan fingerprint density at radius 1 is 1.00 bits per heavy atom. The highest BCUT2D eigenvalue weighted by Crippen LogP contribution is 2.35. The topological polar surface area (TPSA) is 82.7 Å². The number of H-pyrrole nitrogens is 1. The number of carbonyl (C=O) groups excluding carboxylic acids is 1. The number of amides is 1. The fraction of sp³-hybridized carbons (Fsp3) is 0.136. The van der Waals surface area contributed by atoms with Crippen molar-refractivity contribution in [2.45, 2.75) is 20.0 Å². The van der Waals surface area contributed by atoms with Gasteiger partial charge in [0.05, 0.1) is 22.3 Å². The van der Waals surface area contributed by atoms with E-state index in [9.17, 15) is 18.0 Å². The predicted octanol–water partition coefficient (Wildman–Crippen LogP) is 5.59. The van der Waals surface area contributed by atoms with Crippen LogP contribution in [-0.4, -0.2) is 20.9 Å². The summed E-state index contributed by atoms with van der Waals surface area (Å²) < 4.78 is 39.6. The molecule has 1 amide bonds. The van der Waals surface area contributed by atoms with E-state index in [1.807, 2.05) is 19.9 Å². The second-order valence-electron chi connectivity index (χ2n) is 7.11. The lowest BCUT2D eigenvalue weighted by atomic mass is 10.1. The van der Waals surface area contributed by atoms with Gasteiger partial charge in [-0.25, -0.2) is 9.97 Å². The first-order valence-electron chi connectivity index (χ1n) is 9.39. The molecule has 0 aliphatic rings. The molecule has 2 heterocycles. The number of anilines is 3. The maximum atomic E-state index is 13.2. The van der Waals surface area contributed by atoms with Gasteiger partial charge in [0.2, 0.25) is 5.95 Å². The summed E-state index contributed by atoms with van der Waals surface area (Å²) in [7, 11) is 0. The zero-order valence-electron chi connectivity index (χ0n) is 16.6. The molecule has 0 bridgehead atoms. The largest absolute Gasteiger partial charge is 0.418 e. The van der Waals surface area contributed by atoms with Gasteiger partial charge in [0.15, 0.2) is 0 Å². The van der Waals surface area contributed by atoms with Crippen molar-refractivity contribution >= 4 is 34.4 Å². The molecular weight excluding hydrogens is 407 g/mol. The summed E-state index contributed by atoms with van der Waals surface area (Å²) >= 11 is 0. The fourth-order valence-electron chi connectivity index (χ4n) is 3.27. The SMILES string of the molecule is Cc1cc(C)nc(NC(=O)c2ccc3[nH]c(Nc4ccccc4C(F)(F)F)nc3c2)c1. The van der Waals surface area contributed by atoms with E-state index in [-0.39, 0.29) is 17.5 Å². The maximum absolute atomic E-state index is 13.2. The average molecular weight is 425 g/mol. The molecule has 9 heteroatoms. The number of para-hydroxylation sites is 1. The number of imidazole rings is 1. The number of aromatic nitrogens is 3. The van der Waals surface area contributed by atoms with Crippen LogP contribution in [-0.2, 0) is 6.18 Å². The van der Waals surface area contributed by atoms with Gasteiger partial charge in [0.1, 0.15) is 5.82 Å². The Morgan fingerprint density at radius 3 is 2.52 bits per heavy atom. The summed E-state index contributed by atoms with van der Waals surface area (Å²) in [6.07, 6.45) is -4.50. The van der Waals surface area contributed by atoms with Crippen LogP contribution in [0.25, 0.3) is 11.0 Å². The van der Waals surface area contributed by atoms with Gasteiger partial charge >= 0.3 is 6.18 Å². The third kappa shape index (κ3) is 4.50. The molecule has 3 N–H and O–H groups in total. The number of halogens is 3. The molecule has 4 aromatic rings. The number of aryl methyl sites for hydroxylation is 2. The van der Waals surface area contributed by atoms with Gasteiger partial charge in [-0.05, 0) is 61.9 Å². The van der Waals surface area contributed by atoms with Crippen molar-refractivity contribution in [2.75, 3.05) is 10.6 Å². The Labute approximate surface area is 175 Å². The molecule has 6 nitrogen and oxygen atoms in total. The zero-order chi connectivity index (χ0) is 22.2. The summed E-state index contributed by atoms with van der Waals surface area (Å²) in [6, 6.07) is 13.6. The number of fused-ring (bicyclic) bond motifs is 1. The van der Waals surface area contributed by atoms with Crippen LogP contribution >= 0.6 is 0 Å². The molecule has 0 aliphatic carbocycles. The zero-order valence-corrected chi connectivity index (χ0v) is 16.6. The number of nitrogens with one attached hydrogen (secondary N) is 3. The van der Waals surface area contributed by atoms with Gasteiger partial charge in [0.25, 0.3) is 5.91 Å². The van der Waals surface area contributed by atoms with E-state index in [0.29, 0.717) is 22.4 Å². The minimum absolute atomic E-state index is 0.118. The molecule has 0 saturated heterocycles. The second-order valence-corrected chi connectivity index (χ2v) is 7.11. The number of pyridine rings is 1. The summed E-state index contributed by atoms with van der Waals surface area (Å²) in [5.41, 5.74) is 2.21. The third-order valence-corrected chi connectivity index (χ3v) is 4.57. The van der Waals surface area contributed by atoms with Gasteiger partial charge in [-0.15, -0.1) is 0 Å². The lowest BCUT2D eigenvalue weighted by Gasteiger charge is -2.12. The molecule has 0 unspecified atom stereocenters. The number of aromatic amines is 1. The maximum Gasteiger partial charge on any atom is 0.418 e. The Hall–Kier alpha value is -3.88. The fourth-order valence-corrected chi connectivity index (χ4v) is 3.27. The second kappa shape index (κ2) is 7.75. The lowest BCUT2D eigenvalue weighted by molar-refractivity contribution is -0.136. The van der Waals surface area contributed by atoms with Crippen molar-refractivity contribution in [3.63, 3.8) is 0 Å². The van der Waals surface area contributed by atoms with Crippen molar-refractivity contribution in [1.82, 2.24) is 15.0 Å². The smallest absolute Gasteiger partial charge is 0.325 e. The first-order chi connectivity index (χ1) is 14.7. The van der Waals surface area contributed by atoms with E-state index in [4.69, 9.17) is 0 Å². The monoisotopic (exact) mass is 425 g/mol. The third-order valence-electron chi connectivity index (χ3n) is 4.57. The minimum atomic E-state index is -4.50. The molecule has 31 heavy (non-hydrogen) atoms. The summed E-state index contributed by atoms with van der Waals surface area (Å²) in [5.74, 6) is 0.218. The van der Waals surface area contributed by atoms with E-state index in [1.54, 1.807) is 24.3 Å². The molecule has 158 valence electrons. The van der Waals surface area contributed by atoms with E-state index in [0.717, 1.165) is 17.3 Å². The average Bonchev–Trinajstić information content (AvgIpc) is 3.08. The van der Waals surface area contributed by atoms with Crippen LogP contribution in [0.2, 0.25) is 0 Å². The number of carbonyl (C=O) groups is 1. The van der Waals surface area contributed by atoms with Crippen LogP contribution in [0, 0.1) is 13.8 Å². The minimum Gasteiger partial charge on any atom is -0.325 e. The summed E-state index contributed by atoms with van der Waals surface area (Å²) in [4.78, 5) is 24.1. The van der Waals surface area contributed by atoms with Crippen molar-refractivity contribution in [3.8, 4) is 0 Å². The molecule has 0 atom stereocenters. The van der Waals surface area contributed by atoms with Gasteiger partial charge in [0, 0.05) is 11.3 Å². The molecule has 2 aromatic carbocycles. The van der Waals surface area contributed by atoms with E-state index < -0.39 is 11.7 Å². The van der Waals surface area contributed by atoms with E-state index in [2.05, 4.69) is 25.6 Å². The van der Waals surface area contributed by atoms with Gasteiger partial charge < -0.3 is 15.6 Å². The molecule has 0 radical (unpaired) electrons. The van der Waals surface area contributed by atoms with Gasteiger partial charge in [-0.2, -0.15) is 13.2 Å².